The Morgan fingerprint density at radius 2 is 2.06 bits per heavy atom. The topological polar surface area (TPSA) is 53.6 Å². The van der Waals surface area contributed by atoms with Crippen LogP contribution in [0.2, 0.25) is 0 Å². The molecule has 0 aliphatic carbocycles. The molecule has 1 aliphatic heterocycles. The van der Waals surface area contributed by atoms with Crippen molar-refractivity contribution in [3.63, 3.8) is 0 Å². The zero-order valence-electron chi connectivity index (χ0n) is 11.7. The SMILES string of the molecule is CCN1CCC(NCCC(=O)NCCOC)CC1. The minimum Gasteiger partial charge on any atom is -0.383 e. The molecule has 5 nitrogen and oxygen atoms in total. The summed E-state index contributed by atoms with van der Waals surface area (Å²) in [7, 11) is 1.64. The van der Waals surface area contributed by atoms with Gasteiger partial charge in [0, 0.05) is 32.7 Å². The molecule has 0 bridgehead atoms. The maximum Gasteiger partial charge on any atom is 0.221 e. The fourth-order valence-corrected chi connectivity index (χ4v) is 2.22. The zero-order chi connectivity index (χ0) is 13.2. The van der Waals surface area contributed by atoms with Gasteiger partial charge in [-0.2, -0.15) is 0 Å². The largest absolute Gasteiger partial charge is 0.383 e. The van der Waals surface area contributed by atoms with Crippen LogP contribution in [0.3, 0.4) is 0 Å². The second-order valence-corrected chi connectivity index (χ2v) is 4.76. The highest BCUT2D eigenvalue weighted by Gasteiger charge is 2.17. The standard InChI is InChI=1S/C13H27N3O2/c1-3-16-9-5-12(6-10-16)14-7-4-13(17)15-8-11-18-2/h12,14H,3-11H2,1-2H3,(H,15,17). The number of nitrogens with one attached hydrogen (secondary N) is 2. The van der Waals surface area contributed by atoms with Crippen molar-refractivity contribution in [2.24, 2.45) is 0 Å². The third kappa shape index (κ3) is 6.33. The first-order valence-electron chi connectivity index (χ1n) is 6.97. The van der Waals surface area contributed by atoms with E-state index in [4.69, 9.17) is 4.74 Å². The highest BCUT2D eigenvalue weighted by Crippen LogP contribution is 2.09. The van der Waals surface area contributed by atoms with Gasteiger partial charge in [0.1, 0.15) is 0 Å². The van der Waals surface area contributed by atoms with E-state index in [9.17, 15) is 4.79 Å². The Labute approximate surface area is 110 Å². The van der Waals surface area contributed by atoms with Gasteiger partial charge in [0.25, 0.3) is 0 Å². The van der Waals surface area contributed by atoms with Gasteiger partial charge < -0.3 is 20.3 Å². The van der Waals surface area contributed by atoms with E-state index in [1.54, 1.807) is 7.11 Å². The molecule has 0 unspecified atom stereocenters. The van der Waals surface area contributed by atoms with E-state index in [0.29, 0.717) is 25.6 Å². The van der Waals surface area contributed by atoms with Gasteiger partial charge in [-0.3, -0.25) is 4.79 Å². The summed E-state index contributed by atoms with van der Waals surface area (Å²) in [5.74, 6) is 0.102. The molecule has 1 saturated heterocycles. The first-order chi connectivity index (χ1) is 8.76. The number of likely N-dealkylation sites (tertiary alicyclic amines) is 1. The molecule has 1 aliphatic rings. The first-order valence-corrected chi connectivity index (χ1v) is 6.97. The van der Waals surface area contributed by atoms with Crippen LogP contribution >= 0.6 is 0 Å². The molecule has 0 atom stereocenters. The molecule has 5 heteroatoms. The van der Waals surface area contributed by atoms with Crippen molar-refractivity contribution in [3.05, 3.63) is 0 Å². The average Bonchev–Trinajstić information content (AvgIpc) is 2.40. The van der Waals surface area contributed by atoms with Crippen molar-refractivity contribution < 1.29 is 9.53 Å². The van der Waals surface area contributed by atoms with Crippen LogP contribution in [0.1, 0.15) is 26.2 Å². The van der Waals surface area contributed by atoms with Crippen LogP contribution in [0.15, 0.2) is 0 Å². The Morgan fingerprint density at radius 3 is 2.67 bits per heavy atom. The fourth-order valence-electron chi connectivity index (χ4n) is 2.22. The number of nitrogens with zero attached hydrogens (tertiary/aromatic N) is 1. The monoisotopic (exact) mass is 257 g/mol. The lowest BCUT2D eigenvalue weighted by Gasteiger charge is -2.31. The predicted octanol–water partition coefficient (Wildman–Crippen LogP) is 0.213. The number of amides is 1. The van der Waals surface area contributed by atoms with E-state index in [0.717, 1.165) is 13.1 Å². The molecule has 1 amide bonds. The summed E-state index contributed by atoms with van der Waals surface area (Å²) < 4.78 is 4.88. The van der Waals surface area contributed by atoms with Crippen molar-refractivity contribution >= 4 is 5.91 Å². The fraction of sp³-hybridized carbons (Fsp3) is 0.923. The summed E-state index contributed by atoms with van der Waals surface area (Å²) in [6.07, 6.45) is 2.94. The minimum atomic E-state index is 0.102. The summed E-state index contributed by atoms with van der Waals surface area (Å²) in [6, 6.07) is 0.583. The summed E-state index contributed by atoms with van der Waals surface area (Å²) in [4.78, 5) is 13.9. The highest BCUT2D eigenvalue weighted by atomic mass is 16.5. The summed E-state index contributed by atoms with van der Waals surface area (Å²) in [6.45, 7) is 7.66. The van der Waals surface area contributed by atoms with Crippen LogP contribution in [0.5, 0.6) is 0 Å². The van der Waals surface area contributed by atoms with Gasteiger partial charge in [-0.25, -0.2) is 0 Å². The van der Waals surface area contributed by atoms with E-state index in [1.807, 2.05) is 0 Å². The number of carbonyl (C=O) groups excluding carboxylic acids is 1. The third-order valence-corrected chi connectivity index (χ3v) is 3.45. The lowest BCUT2D eigenvalue weighted by molar-refractivity contribution is -0.121. The molecule has 0 spiro atoms. The van der Waals surface area contributed by atoms with Crippen LogP contribution in [0.4, 0.5) is 0 Å². The normalized spacial score (nSPS) is 17.9. The van der Waals surface area contributed by atoms with E-state index >= 15 is 0 Å². The van der Waals surface area contributed by atoms with Crippen LogP contribution in [0, 0.1) is 0 Å². The Morgan fingerprint density at radius 1 is 1.33 bits per heavy atom. The van der Waals surface area contributed by atoms with Crippen molar-refractivity contribution in [3.8, 4) is 0 Å². The molecule has 1 rings (SSSR count). The molecular weight excluding hydrogens is 230 g/mol. The van der Waals surface area contributed by atoms with Crippen LogP contribution < -0.4 is 10.6 Å². The molecule has 1 fully saturated rings. The van der Waals surface area contributed by atoms with E-state index in [1.165, 1.54) is 25.9 Å². The zero-order valence-corrected chi connectivity index (χ0v) is 11.7. The average molecular weight is 257 g/mol. The van der Waals surface area contributed by atoms with Gasteiger partial charge in [0.2, 0.25) is 5.91 Å². The molecular formula is C13H27N3O2. The Balaban J connectivity index is 1.99. The van der Waals surface area contributed by atoms with Crippen LogP contribution in [-0.4, -0.2) is 63.3 Å². The number of carbonyl (C=O) groups is 1. The lowest BCUT2D eigenvalue weighted by atomic mass is 10.1. The third-order valence-electron chi connectivity index (χ3n) is 3.45. The highest BCUT2D eigenvalue weighted by molar-refractivity contribution is 5.76. The van der Waals surface area contributed by atoms with Gasteiger partial charge in [-0.1, -0.05) is 6.92 Å². The van der Waals surface area contributed by atoms with Crippen LogP contribution in [0.25, 0.3) is 0 Å². The van der Waals surface area contributed by atoms with Gasteiger partial charge in [-0.15, -0.1) is 0 Å². The molecule has 1 heterocycles. The summed E-state index contributed by atoms with van der Waals surface area (Å²) >= 11 is 0. The molecule has 0 saturated carbocycles. The number of methoxy groups -OCH3 is 1. The minimum absolute atomic E-state index is 0.102. The molecule has 0 aromatic carbocycles. The number of hydrogen-bond acceptors (Lipinski definition) is 4. The summed E-state index contributed by atoms with van der Waals surface area (Å²) in [5.41, 5.74) is 0. The Bertz CT molecular complexity index is 228. The maximum atomic E-state index is 11.4. The summed E-state index contributed by atoms with van der Waals surface area (Å²) in [5, 5.41) is 6.29. The molecule has 106 valence electrons. The van der Waals surface area contributed by atoms with Crippen molar-refractivity contribution in [1.29, 1.82) is 0 Å². The van der Waals surface area contributed by atoms with Gasteiger partial charge in [0.15, 0.2) is 0 Å². The predicted molar refractivity (Wildman–Crippen MR) is 72.6 cm³/mol. The van der Waals surface area contributed by atoms with Crippen molar-refractivity contribution in [1.82, 2.24) is 15.5 Å². The van der Waals surface area contributed by atoms with Crippen LogP contribution in [-0.2, 0) is 9.53 Å². The molecule has 0 radical (unpaired) electrons. The Hall–Kier alpha value is -0.650. The van der Waals surface area contributed by atoms with Gasteiger partial charge >= 0.3 is 0 Å². The first kappa shape index (κ1) is 15.4. The smallest absolute Gasteiger partial charge is 0.221 e. The second-order valence-electron chi connectivity index (χ2n) is 4.76. The van der Waals surface area contributed by atoms with Gasteiger partial charge in [0.05, 0.1) is 6.61 Å². The second kappa shape index (κ2) is 9.30. The molecule has 18 heavy (non-hydrogen) atoms. The number of ether oxygens (including phenoxy) is 1. The lowest BCUT2D eigenvalue weighted by Crippen LogP contribution is -2.43. The number of hydrogen-bond donors (Lipinski definition) is 2. The molecule has 2 N–H and O–H groups in total. The maximum absolute atomic E-state index is 11.4. The Kier molecular flexibility index (Phi) is 7.96. The quantitative estimate of drug-likeness (QED) is 0.611. The van der Waals surface area contributed by atoms with Gasteiger partial charge in [-0.05, 0) is 32.5 Å². The van der Waals surface area contributed by atoms with E-state index in [2.05, 4.69) is 22.5 Å². The number of rotatable bonds is 8. The molecule has 0 aromatic rings. The van der Waals surface area contributed by atoms with Crippen molar-refractivity contribution in [2.75, 3.05) is 46.4 Å². The van der Waals surface area contributed by atoms with Crippen molar-refractivity contribution in [2.45, 2.75) is 32.2 Å². The van der Waals surface area contributed by atoms with E-state index in [-0.39, 0.29) is 5.91 Å². The molecule has 0 aromatic heterocycles. The number of piperidine rings is 1. The van der Waals surface area contributed by atoms with E-state index < -0.39 is 0 Å².